The van der Waals surface area contributed by atoms with Crippen LogP contribution < -0.4 is 0 Å². The van der Waals surface area contributed by atoms with E-state index in [1.54, 1.807) is 0 Å². The Hall–Kier alpha value is 0.558. The van der Waals surface area contributed by atoms with Crippen LogP contribution in [0.5, 0.6) is 0 Å². The van der Waals surface area contributed by atoms with E-state index in [2.05, 4.69) is 16.9 Å². The molecular weight excluding hydrogens is 159 g/mol. The van der Waals surface area contributed by atoms with Crippen molar-refractivity contribution in [2.24, 2.45) is 0 Å². The summed E-state index contributed by atoms with van der Waals surface area (Å²) in [5.41, 5.74) is 0. The van der Waals surface area contributed by atoms with Crippen molar-refractivity contribution in [2.45, 2.75) is 43.2 Å². The SMILES string of the molecule is [As]C1CCCCCC1. The van der Waals surface area contributed by atoms with Gasteiger partial charge in [0.15, 0.2) is 0 Å². The molecule has 1 aliphatic carbocycles. The van der Waals surface area contributed by atoms with Gasteiger partial charge in [-0.05, 0) is 0 Å². The second kappa shape index (κ2) is 3.56. The normalized spacial score (nSPS) is 25.1. The van der Waals surface area contributed by atoms with E-state index in [0.717, 1.165) is 4.71 Å². The first-order valence-electron chi connectivity index (χ1n) is 3.57. The van der Waals surface area contributed by atoms with Crippen molar-refractivity contribution in [3.05, 3.63) is 0 Å². The summed E-state index contributed by atoms with van der Waals surface area (Å²) < 4.78 is 0.963. The molecule has 46 valence electrons. The maximum atomic E-state index is 2.80. The molecule has 0 nitrogen and oxygen atoms in total. The van der Waals surface area contributed by atoms with Gasteiger partial charge in [-0.25, -0.2) is 0 Å². The molecule has 1 saturated carbocycles. The summed E-state index contributed by atoms with van der Waals surface area (Å²) in [6.07, 6.45) is 8.82. The summed E-state index contributed by atoms with van der Waals surface area (Å²) in [6.45, 7) is 0. The zero-order valence-electron chi connectivity index (χ0n) is 5.27. The topological polar surface area (TPSA) is 0 Å². The zero-order valence-corrected chi connectivity index (χ0v) is 7.14. The van der Waals surface area contributed by atoms with Crippen molar-refractivity contribution in [2.75, 3.05) is 0 Å². The average molecular weight is 172 g/mol. The molecule has 0 aliphatic heterocycles. The average Bonchev–Trinajstić information content (AvgIpc) is 1.94. The predicted octanol–water partition coefficient (Wildman–Crippen LogP) is 2.30. The summed E-state index contributed by atoms with van der Waals surface area (Å²) in [6, 6.07) is 0. The van der Waals surface area contributed by atoms with Gasteiger partial charge in [-0.2, -0.15) is 0 Å². The van der Waals surface area contributed by atoms with E-state index in [4.69, 9.17) is 0 Å². The Labute approximate surface area is 60.5 Å². The second-order valence-electron chi connectivity index (χ2n) is 2.65. The molecule has 1 fully saturated rings. The van der Waals surface area contributed by atoms with E-state index in [1.165, 1.54) is 38.5 Å². The summed E-state index contributed by atoms with van der Waals surface area (Å²) in [5, 5.41) is 0. The molecule has 8 heavy (non-hydrogen) atoms. The van der Waals surface area contributed by atoms with Gasteiger partial charge in [0, 0.05) is 0 Å². The van der Waals surface area contributed by atoms with Gasteiger partial charge in [-0.1, -0.05) is 0 Å². The quantitative estimate of drug-likeness (QED) is 0.388. The fraction of sp³-hybridized carbons (Fsp3) is 1.00. The number of hydrogen-bond acceptors (Lipinski definition) is 0. The zero-order chi connectivity index (χ0) is 5.82. The first-order chi connectivity index (χ1) is 3.89. The van der Waals surface area contributed by atoms with Gasteiger partial charge in [0.05, 0.1) is 0 Å². The minimum atomic E-state index is 0.963. The summed E-state index contributed by atoms with van der Waals surface area (Å²) >= 11 is 2.80. The third-order valence-corrected chi connectivity index (χ3v) is 2.91. The van der Waals surface area contributed by atoms with E-state index in [9.17, 15) is 0 Å². The van der Waals surface area contributed by atoms with Crippen molar-refractivity contribution in [3.63, 3.8) is 0 Å². The van der Waals surface area contributed by atoms with Gasteiger partial charge >= 0.3 is 60.1 Å². The fourth-order valence-electron chi connectivity index (χ4n) is 1.26. The molecule has 0 aromatic rings. The molecule has 1 aliphatic rings. The molecule has 1 heteroatoms. The van der Waals surface area contributed by atoms with Crippen molar-refractivity contribution in [1.29, 1.82) is 0 Å². The van der Waals surface area contributed by atoms with Crippen molar-refractivity contribution in [3.8, 4) is 0 Å². The van der Waals surface area contributed by atoms with Gasteiger partial charge in [0.25, 0.3) is 0 Å². The number of hydrogen-bond donors (Lipinski definition) is 0. The van der Waals surface area contributed by atoms with Crippen molar-refractivity contribution in [1.82, 2.24) is 0 Å². The molecule has 0 spiro atoms. The molecule has 0 N–H and O–H groups in total. The molecule has 0 bridgehead atoms. The van der Waals surface area contributed by atoms with Gasteiger partial charge in [0.1, 0.15) is 0 Å². The van der Waals surface area contributed by atoms with Crippen LogP contribution in [-0.4, -0.2) is 16.9 Å². The maximum absolute atomic E-state index is 2.80. The molecule has 0 unspecified atom stereocenters. The van der Waals surface area contributed by atoms with Crippen LogP contribution in [0.1, 0.15) is 38.5 Å². The van der Waals surface area contributed by atoms with Crippen LogP contribution in [0.25, 0.3) is 0 Å². The molecule has 0 aromatic heterocycles. The summed E-state index contributed by atoms with van der Waals surface area (Å²) in [7, 11) is 0. The molecule has 2 radical (unpaired) electrons. The van der Waals surface area contributed by atoms with Crippen LogP contribution in [0.4, 0.5) is 0 Å². The van der Waals surface area contributed by atoms with Crippen molar-refractivity contribution >= 4 is 16.9 Å². The van der Waals surface area contributed by atoms with E-state index in [0.29, 0.717) is 0 Å². The fourth-order valence-corrected chi connectivity index (χ4v) is 2.02. The Balaban J connectivity index is 2.17. The van der Waals surface area contributed by atoms with Gasteiger partial charge in [-0.3, -0.25) is 0 Å². The second-order valence-corrected chi connectivity index (χ2v) is 4.18. The minimum absolute atomic E-state index is 0.963. The Morgan fingerprint density at radius 2 is 1.38 bits per heavy atom. The van der Waals surface area contributed by atoms with Gasteiger partial charge in [-0.15, -0.1) is 0 Å². The van der Waals surface area contributed by atoms with E-state index < -0.39 is 0 Å². The Morgan fingerprint density at radius 1 is 0.875 bits per heavy atom. The molecule has 0 heterocycles. The van der Waals surface area contributed by atoms with E-state index in [-0.39, 0.29) is 0 Å². The molecule has 1 rings (SSSR count). The number of rotatable bonds is 0. The summed E-state index contributed by atoms with van der Waals surface area (Å²) in [4.78, 5) is 0. The Bertz CT molecular complexity index is 53.4. The molecule has 0 atom stereocenters. The van der Waals surface area contributed by atoms with Crippen molar-refractivity contribution < 1.29 is 0 Å². The first kappa shape index (κ1) is 6.68. The van der Waals surface area contributed by atoms with Crippen LogP contribution >= 0.6 is 0 Å². The molecular formula is C7H13As. The first-order valence-corrected chi connectivity index (χ1v) is 4.66. The molecule has 0 amide bonds. The standard InChI is InChI=1S/C7H13As/c8-7-5-3-1-2-4-6-7/h7H,1-6H2. The Kier molecular flexibility index (Phi) is 2.97. The third-order valence-electron chi connectivity index (χ3n) is 1.82. The predicted molar refractivity (Wildman–Crippen MR) is 37.2 cm³/mol. The van der Waals surface area contributed by atoms with Gasteiger partial charge in [0.2, 0.25) is 0 Å². The van der Waals surface area contributed by atoms with E-state index >= 15 is 0 Å². The van der Waals surface area contributed by atoms with Crippen LogP contribution in [-0.2, 0) is 0 Å². The summed E-state index contributed by atoms with van der Waals surface area (Å²) in [5.74, 6) is 0. The Morgan fingerprint density at radius 3 is 1.88 bits per heavy atom. The van der Waals surface area contributed by atoms with Crippen LogP contribution in [0, 0.1) is 0 Å². The van der Waals surface area contributed by atoms with Gasteiger partial charge < -0.3 is 0 Å². The van der Waals surface area contributed by atoms with Crippen LogP contribution in [0.2, 0.25) is 4.71 Å². The van der Waals surface area contributed by atoms with Crippen LogP contribution in [0.15, 0.2) is 0 Å². The van der Waals surface area contributed by atoms with E-state index in [1.807, 2.05) is 0 Å². The molecule has 0 saturated heterocycles. The van der Waals surface area contributed by atoms with Crippen LogP contribution in [0.3, 0.4) is 0 Å². The third kappa shape index (κ3) is 2.22. The molecule has 0 aromatic carbocycles. The monoisotopic (exact) mass is 172 g/mol.